The summed E-state index contributed by atoms with van der Waals surface area (Å²) in [4.78, 5) is 15.8. The van der Waals surface area contributed by atoms with E-state index in [1.807, 2.05) is 26.8 Å². The fourth-order valence-electron chi connectivity index (χ4n) is 2.06. The van der Waals surface area contributed by atoms with E-state index in [1.165, 1.54) is 0 Å². The molecule has 1 fully saturated rings. The van der Waals surface area contributed by atoms with Crippen LogP contribution >= 0.6 is 0 Å². The van der Waals surface area contributed by atoms with E-state index in [0.29, 0.717) is 32.1 Å². The average molecular weight is 303 g/mol. The van der Waals surface area contributed by atoms with E-state index in [1.54, 1.807) is 11.0 Å². The molecule has 0 aromatic carbocycles. The van der Waals surface area contributed by atoms with Gasteiger partial charge in [-0.15, -0.1) is 0 Å². The number of anilines is 1. The first-order chi connectivity index (χ1) is 10.4. The summed E-state index contributed by atoms with van der Waals surface area (Å²) in [6.45, 7) is 8.11. The molecule has 2 heterocycles. The van der Waals surface area contributed by atoms with Gasteiger partial charge in [-0.1, -0.05) is 0 Å². The van der Waals surface area contributed by atoms with Crippen molar-refractivity contribution in [3.63, 3.8) is 0 Å². The summed E-state index contributed by atoms with van der Waals surface area (Å²) in [6.07, 6.45) is 0.781. The van der Waals surface area contributed by atoms with Crippen LogP contribution in [0.4, 0.5) is 10.6 Å². The Morgan fingerprint density at radius 3 is 2.41 bits per heavy atom. The van der Waals surface area contributed by atoms with Crippen LogP contribution in [0.1, 0.15) is 20.8 Å². The maximum absolute atomic E-state index is 12.0. The number of rotatable bonds is 3. The van der Waals surface area contributed by atoms with Gasteiger partial charge < -0.3 is 0 Å². The number of carbonyl (C=O) groups excluding carboxylic acids is 1. The molecule has 117 valence electrons. The number of ether oxygens (including phenoxy) is 2. The van der Waals surface area contributed by atoms with E-state index in [9.17, 15) is 4.79 Å². The normalized spacial score (nSPS) is 15.4. The van der Waals surface area contributed by atoms with Crippen LogP contribution in [-0.4, -0.2) is 66.6 Å². The standard InChI is InChI=1S/C14H20BN4O3/c1-14(2,3)22-13(20)19-8-6-18(7-9-19)11-4-5-12(17-16-11)21-10-15/h4-5,10H,6-9H2,1-3H3. The molecule has 8 heteroatoms. The first-order valence-electron chi connectivity index (χ1n) is 7.16. The third-order valence-electron chi connectivity index (χ3n) is 3.07. The third kappa shape index (κ3) is 4.44. The van der Waals surface area contributed by atoms with E-state index in [0.717, 1.165) is 12.0 Å². The molecule has 0 spiro atoms. The number of amides is 1. The second-order valence-electron chi connectivity index (χ2n) is 5.94. The number of aromatic nitrogens is 2. The van der Waals surface area contributed by atoms with E-state index < -0.39 is 5.60 Å². The molecule has 2 rings (SSSR count). The van der Waals surface area contributed by atoms with Crippen molar-refractivity contribution in [1.29, 1.82) is 0 Å². The molecule has 22 heavy (non-hydrogen) atoms. The van der Waals surface area contributed by atoms with Crippen LogP contribution in [-0.2, 0) is 4.74 Å². The zero-order chi connectivity index (χ0) is 16.2. The van der Waals surface area contributed by atoms with Crippen LogP contribution in [0.2, 0.25) is 0 Å². The number of hydrogen-bond donors (Lipinski definition) is 0. The third-order valence-corrected chi connectivity index (χ3v) is 3.07. The molecule has 1 aliphatic rings. The summed E-state index contributed by atoms with van der Waals surface area (Å²) in [5, 5.41) is 8.01. The number of nitrogens with zero attached hydrogens (tertiary/aromatic N) is 4. The summed E-state index contributed by atoms with van der Waals surface area (Å²) < 4.78 is 10.3. The van der Waals surface area contributed by atoms with Crippen LogP contribution in [0.15, 0.2) is 12.1 Å². The Kier molecular flexibility index (Phi) is 5.00. The Balaban J connectivity index is 1.89. The molecule has 0 N–H and O–H groups in total. The zero-order valence-electron chi connectivity index (χ0n) is 13.2. The van der Waals surface area contributed by atoms with Gasteiger partial charge >= 0.3 is 104 Å². The van der Waals surface area contributed by atoms with Crippen molar-refractivity contribution in [1.82, 2.24) is 15.1 Å². The summed E-state index contributed by atoms with van der Waals surface area (Å²) >= 11 is 0. The Labute approximate surface area is 131 Å². The Hall–Kier alpha value is -2.12. The molecule has 1 aromatic heterocycles. The number of hydrogen-bond acceptors (Lipinski definition) is 6. The zero-order valence-corrected chi connectivity index (χ0v) is 13.2. The molecular formula is C14H20BN4O3. The van der Waals surface area contributed by atoms with Crippen molar-refractivity contribution in [2.75, 3.05) is 31.1 Å². The van der Waals surface area contributed by atoms with Crippen molar-refractivity contribution in [3.8, 4) is 5.88 Å². The maximum atomic E-state index is 12.0. The average Bonchev–Trinajstić information content (AvgIpc) is 2.47. The molecular weight excluding hydrogens is 283 g/mol. The summed E-state index contributed by atoms with van der Waals surface area (Å²) in [6, 6.07) is 3.51. The minimum atomic E-state index is -0.477. The van der Waals surface area contributed by atoms with Crippen LogP contribution < -0.4 is 9.64 Å². The van der Waals surface area contributed by atoms with Crippen molar-refractivity contribution in [2.24, 2.45) is 0 Å². The van der Waals surface area contributed by atoms with Gasteiger partial charge in [-0.25, -0.2) is 0 Å². The number of carbonyl (C=O) groups is 1. The first-order valence-corrected chi connectivity index (χ1v) is 7.16. The first kappa shape index (κ1) is 16.3. The predicted octanol–water partition coefficient (Wildman–Crippen LogP) is 0.841. The fraction of sp³-hybridized carbons (Fsp3) is 0.571. The molecule has 1 aromatic rings. The SMILES string of the molecule is [B]=COc1ccc(N2CCN(C(=O)OC(C)(C)C)CC2)nn1. The number of piperazine rings is 1. The predicted molar refractivity (Wildman–Crippen MR) is 84.5 cm³/mol. The van der Waals surface area contributed by atoms with Gasteiger partial charge in [-0.2, -0.15) is 0 Å². The monoisotopic (exact) mass is 303 g/mol. The molecule has 1 aliphatic heterocycles. The van der Waals surface area contributed by atoms with Gasteiger partial charge in [-0.3, -0.25) is 0 Å². The Morgan fingerprint density at radius 2 is 1.91 bits per heavy atom. The van der Waals surface area contributed by atoms with E-state index in [-0.39, 0.29) is 6.09 Å². The molecule has 1 amide bonds. The van der Waals surface area contributed by atoms with E-state index in [4.69, 9.17) is 17.0 Å². The van der Waals surface area contributed by atoms with Crippen LogP contribution in [0, 0.1) is 0 Å². The van der Waals surface area contributed by atoms with E-state index in [2.05, 4.69) is 15.1 Å². The van der Waals surface area contributed by atoms with E-state index >= 15 is 0 Å². The minimum absolute atomic E-state index is 0.277. The van der Waals surface area contributed by atoms with Crippen LogP contribution in [0.25, 0.3) is 0 Å². The van der Waals surface area contributed by atoms with Gasteiger partial charge in [0, 0.05) is 0 Å². The van der Waals surface area contributed by atoms with Gasteiger partial charge in [0.15, 0.2) is 0 Å². The van der Waals surface area contributed by atoms with Crippen molar-refractivity contribution in [2.45, 2.75) is 26.4 Å². The Morgan fingerprint density at radius 1 is 1.23 bits per heavy atom. The molecule has 7 nitrogen and oxygen atoms in total. The second kappa shape index (κ2) is 6.76. The quantitative estimate of drug-likeness (QED) is 0.771. The van der Waals surface area contributed by atoms with Crippen LogP contribution in [0.5, 0.6) is 5.88 Å². The van der Waals surface area contributed by atoms with Gasteiger partial charge in [0.2, 0.25) is 0 Å². The van der Waals surface area contributed by atoms with Crippen LogP contribution in [0.3, 0.4) is 0 Å². The molecule has 0 saturated carbocycles. The Bertz CT molecular complexity index is 522. The summed E-state index contributed by atoms with van der Waals surface area (Å²) in [5.74, 6) is 1.09. The molecule has 0 aliphatic carbocycles. The van der Waals surface area contributed by atoms with Gasteiger partial charge in [-0.05, 0) is 20.8 Å². The topological polar surface area (TPSA) is 67.8 Å². The van der Waals surface area contributed by atoms with Crippen molar-refractivity contribution >= 4 is 25.6 Å². The molecule has 0 unspecified atom stereocenters. The van der Waals surface area contributed by atoms with Gasteiger partial charge in [0.05, 0.1) is 0 Å². The fourth-order valence-corrected chi connectivity index (χ4v) is 2.06. The molecule has 1 radical (unpaired) electrons. The molecule has 1 saturated heterocycles. The summed E-state index contributed by atoms with van der Waals surface area (Å²) in [5.41, 5.74) is -0.477. The molecule has 0 bridgehead atoms. The van der Waals surface area contributed by atoms with Crippen molar-refractivity contribution in [3.05, 3.63) is 12.1 Å². The van der Waals surface area contributed by atoms with Gasteiger partial charge in [0.25, 0.3) is 0 Å². The summed E-state index contributed by atoms with van der Waals surface area (Å²) in [7, 11) is 5.15. The second-order valence-corrected chi connectivity index (χ2v) is 5.94. The van der Waals surface area contributed by atoms with Gasteiger partial charge in [0.1, 0.15) is 5.60 Å². The van der Waals surface area contributed by atoms with Crippen molar-refractivity contribution < 1.29 is 14.3 Å². The molecule has 0 atom stereocenters.